The van der Waals surface area contributed by atoms with Crippen molar-refractivity contribution in [2.45, 2.75) is 30.2 Å². The maximum atomic E-state index is 11.8. The van der Waals surface area contributed by atoms with Crippen molar-refractivity contribution in [2.24, 2.45) is 0 Å². The lowest BCUT2D eigenvalue weighted by molar-refractivity contribution is -0.137. The Kier molecular flexibility index (Phi) is 3.75. The number of rotatable bonds is 4. The Morgan fingerprint density at radius 1 is 1.58 bits per heavy atom. The summed E-state index contributed by atoms with van der Waals surface area (Å²) in [6.45, 7) is 0.636. The number of carboxylic acid groups (broad SMARTS) is 1. The molecule has 104 valence electrons. The standard InChI is InChI=1S/C12H16N2O4S/c1-19(17,18)10-5-2-6-13-12(10)14-7-3-4-9(14)8-11(15)16/h2,5-6,9H,3-4,7-8H2,1H3,(H,15,16). The largest absolute Gasteiger partial charge is 0.481 e. The minimum absolute atomic E-state index is 0.000222. The van der Waals surface area contributed by atoms with Gasteiger partial charge in [0.25, 0.3) is 0 Å². The minimum Gasteiger partial charge on any atom is -0.481 e. The van der Waals surface area contributed by atoms with Crippen LogP contribution in [0.4, 0.5) is 5.82 Å². The van der Waals surface area contributed by atoms with E-state index in [4.69, 9.17) is 5.11 Å². The van der Waals surface area contributed by atoms with Gasteiger partial charge in [0, 0.05) is 25.0 Å². The maximum absolute atomic E-state index is 11.8. The summed E-state index contributed by atoms with van der Waals surface area (Å²) in [5.74, 6) is -0.512. The van der Waals surface area contributed by atoms with E-state index in [-0.39, 0.29) is 17.4 Å². The van der Waals surface area contributed by atoms with Crippen molar-refractivity contribution in [3.8, 4) is 0 Å². The molecule has 0 bridgehead atoms. The molecule has 1 N–H and O–H groups in total. The van der Waals surface area contributed by atoms with Gasteiger partial charge in [-0.05, 0) is 25.0 Å². The van der Waals surface area contributed by atoms with E-state index >= 15 is 0 Å². The summed E-state index contributed by atoms with van der Waals surface area (Å²) < 4.78 is 23.5. The highest BCUT2D eigenvalue weighted by Gasteiger charge is 2.30. The molecule has 1 unspecified atom stereocenters. The zero-order chi connectivity index (χ0) is 14.0. The van der Waals surface area contributed by atoms with Crippen molar-refractivity contribution >= 4 is 21.6 Å². The van der Waals surface area contributed by atoms with Gasteiger partial charge in [-0.15, -0.1) is 0 Å². The van der Waals surface area contributed by atoms with Crippen LogP contribution in [0.3, 0.4) is 0 Å². The lowest BCUT2D eigenvalue weighted by Crippen LogP contribution is -2.33. The van der Waals surface area contributed by atoms with Crippen LogP contribution >= 0.6 is 0 Å². The van der Waals surface area contributed by atoms with E-state index in [1.165, 1.54) is 12.3 Å². The number of aliphatic carboxylic acids is 1. The van der Waals surface area contributed by atoms with E-state index in [9.17, 15) is 13.2 Å². The van der Waals surface area contributed by atoms with Crippen LogP contribution in [0, 0.1) is 0 Å². The molecule has 0 amide bonds. The van der Waals surface area contributed by atoms with Gasteiger partial charge < -0.3 is 10.0 Å². The second-order valence-electron chi connectivity index (χ2n) is 4.68. The first-order valence-corrected chi connectivity index (χ1v) is 7.92. The second-order valence-corrected chi connectivity index (χ2v) is 6.67. The highest BCUT2D eigenvalue weighted by atomic mass is 32.2. The van der Waals surface area contributed by atoms with Crippen molar-refractivity contribution in [2.75, 3.05) is 17.7 Å². The Bertz CT molecular complexity index is 585. The SMILES string of the molecule is CS(=O)(=O)c1cccnc1N1CCCC1CC(=O)O. The molecule has 1 aliphatic heterocycles. The average molecular weight is 284 g/mol. The number of sulfone groups is 1. The molecule has 0 saturated carbocycles. The number of carbonyl (C=O) groups is 1. The summed E-state index contributed by atoms with van der Waals surface area (Å²) in [4.78, 5) is 16.9. The van der Waals surface area contributed by atoms with Crippen molar-refractivity contribution in [1.82, 2.24) is 4.98 Å². The van der Waals surface area contributed by atoms with Gasteiger partial charge >= 0.3 is 5.97 Å². The van der Waals surface area contributed by atoms with Crippen LogP contribution < -0.4 is 4.90 Å². The van der Waals surface area contributed by atoms with Gasteiger partial charge in [0.05, 0.1) is 6.42 Å². The summed E-state index contributed by atoms with van der Waals surface area (Å²) in [6, 6.07) is 2.89. The van der Waals surface area contributed by atoms with Crippen LogP contribution in [-0.2, 0) is 14.6 Å². The van der Waals surface area contributed by atoms with Crippen LogP contribution in [0.25, 0.3) is 0 Å². The molecule has 0 radical (unpaired) electrons. The number of nitrogens with zero attached hydrogens (tertiary/aromatic N) is 2. The molecule has 1 fully saturated rings. The van der Waals surface area contributed by atoms with Gasteiger partial charge in [-0.1, -0.05) is 0 Å². The number of carboxylic acids is 1. The molecule has 0 aliphatic carbocycles. The normalized spacial score (nSPS) is 19.6. The Morgan fingerprint density at radius 2 is 2.32 bits per heavy atom. The summed E-state index contributed by atoms with van der Waals surface area (Å²) in [6.07, 6.45) is 4.25. The molecular formula is C12H16N2O4S. The van der Waals surface area contributed by atoms with Crippen LogP contribution in [0.2, 0.25) is 0 Å². The zero-order valence-corrected chi connectivity index (χ0v) is 11.4. The molecule has 2 rings (SSSR count). The molecule has 1 aliphatic rings. The number of aromatic nitrogens is 1. The van der Waals surface area contributed by atoms with Crippen LogP contribution in [0.15, 0.2) is 23.2 Å². The molecule has 19 heavy (non-hydrogen) atoms. The second kappa shape index (κ2) is 5.16. The van der Waals surface area contributed by atoms with E-state index < -0.39 is 15.8 Å². The first-order valence-electron chi connectivity index (χ1n) is 6.03. The lowest BCUT2D eigenvalue weighted by atomic mass is 10.1. The topological polar surface area (TPSA) is 87.6 Å². The Balaban J connectivity index is 2.39. The fraction of sp³-hybridized carbons (Fsp3) is 0.500. The zero-order valence-electron chi connectivity index (χ0n) is 10.6. The number of hydrogen-bond donors (Lipinski definition) is 1. The molecule has 1 saturated heterocycles. The van der Waals surface area contributed by atoms with Gasteiger partial charge in [0.2, 0.25) is 0 Å². The lowest BCUT2D eigenvalue weighted by Gasteiger charge is -2.26. The maximum Gasteiger partial charge on any atom is 0.305 e. The monoisotopic (exact) mass is 284 g/mol. The molecule has 0 aromatic carbocycles. The van der Waals surface area contributed by atoms with E-state index in [1.807, 2.05) is 0 Å². The van der Waals surface area contributed by atoms with Gasteiger partial charge in [-0.3, -0.25) is 4.79 Å². The fourth-order valence-electron chi connectivity index (χ4n) is 2.42. The molecule has 1 aromatic rings. The predicted octanol–water partition coefficient (Wildman–Crippen LogP) is 0.929. The van der Waals surface area contributed by atoms with Crippen LogP contribution in [0.5, 0.6) is 0 Å². The fourth-order valence-corrected chi connectivity index (χ4v) is 3.24. The van der Waals surface area contributed by atoms with Crippen molar-refractivity contribution in [3.05, 3.63) is 18.3 Å². The highest BCUT2D eigenvalue weighted by Crippen LogP contribution is 2.30. The Morgan fingerprint density at radius 3 is 2.95 bits per heavy atom. The third kappa shape index (κ3) is 3.04. The average Bonchev–Trinajstić information content (AvgIpc) is 2.75. The Labute approximate surface area is 112 Å². The molecule has 6 nitrogen and oxygen atoms in total. The van der Waals surface area contributed by atoms with E-state index in [2.05, 4.69) is 4.98 Å². The minimum atomic E-state index is -3.37. The molecule has 7 heteroatoms. The number of pyridine rings is 1. The molecule has 0 spiro atoms. The van der Waals surface area contributed by atoms with E-state index in [0.29, 0.717) is 12.4 Å². The van der Waals surface area contributed by atoms with Gasteiger partial charge in [-0.25, -0.2) is 13.4 Å². The van der Waals surface area contributed by atoms with Gasteiger partial charge in [0.1, 0.15) is 10.7 Å². The predicted molar refractivity (Wildman–Crippen MR) is 70.0 cm³/mol. The third-order valence-electron chi connectivity index (χ3n) is 3.21. The molecule has 2 heterocycles. The van der Waals surface area contributed by atoms with E-state index in [0.717, 1.165) is 19.1 Å². The van der Waals surface area contributed by atoms with Crippen molar-refractivity contribution in [3.63, 3.8) is 0 Å². The summed E-state index contributed by atoms with van der Waals surface area (Å²) in [5, 5.41) is 8.90. The Hall–Kier alpha value is -1.63. The first kappa shape index (κ1) is 13.8. The highest BCUT2D eigenvalue weighted by molar-refractivity contribution is 7.90. The molecular weight excluding hydrogens is 268 g/mol. The van der Waals surface area contributed by atoms with Crippen molar-refractivity contribution in [1.29, 1.82) is 0 Å². The number of anilines is 1. The first-order chi connectivity index (χ1) is 8.89. The van der Waals surface area contributed by atoms with Crippen LogP contribution in [-0.4, -0.2) is 43.3 Å². The molecule has 1 atom stereocenters. The summed E-state index contributed by atoms with van der Waals surface area (Å²) in [5.41, 5.74) is 0. The number of hydrogen-bond acceptors (Lipinski definition) is 5. The van der Waals surface area contributed by atoms with Gasteiger partial charge in [-0.2, -0.15) is 0 Å². The van der Waals surface area contributed by atoms with Crippen LogP contribution in [0.1, 0.15) is 19.3 Å². The smallest absolute Gasteiger partial charge is 0.305 e. The summed E-state index contributed by atoms with van der Waals surface area (Å²) >= 11 is 0. The quantitative estimate of drug-likeness (QED) is 0.885. The van der Waals surface area contributed by atoms with Gasteiger partial charge in [0.15, 0.2) is 9.84 Å². The summed E-state index contributed by atoms with van der Waals surface area (Å²) in [7, 11) is -3.37. The van der Waals surface area contributed by atoms with Crippen molar-refractivity contribution < 1.29 is 18.3 Å². The van der Waals surface area contributed by atoms with E-state index in [1.54, 1.807) is 11.0 Å². The third-order valence-corrected chi connectivity index (χ3v) is 4.33. The molecule has 1 aromatic heterocycles.